The summed E-state index contributed by atoms with van der Waals surface area (Å²) in [5.41, 5.74) is 1.21. The van der Waals surface area contributed by atoms with E-state index in [0.717, 1.165) is 44.0 Å². The maximum Gasteiger partial charge on any atom is 0.126 e. The molecule has 5 heteroatoms. The van der Waals surface area contributed by atoms with Gasteiger partial charge in [0.05, 0.1) is 0 Å². The molecule has 140 valence electrons. The first-order valence-corrected chi connectivity index (χ1v) is 9.66. The third-order valence-electron chi connectivity index (χ3n) is 4.75. The van der Waals surface area contributed by atoms with Gasteiger partial charge in [0, 0.05) is 23.7 Å². The number of benzene rings is 2. The van der Waals surface area contributed by atoms with E-state index in [2.05, 4.69) is 16.3 Å². The van der Waals surface area contributed by atoms with Crippen LogP contribution in [-0.2, 0) is 6.54 Å². The van der Waals surface area contributed by atoms with Gasteiger partial charge in [0.2, 0.25) is 0 Å². The van der Waals surface area contributed by atoms with Crippen molar-refractivity contribution in [2.45, 2.75) is 31.8 Å². The van der Waals surface area contributed by atoms with Gasteiger partial charge >= 0.3 is 0 Å². The minimum atomic E-state index is -0.253. The molecule has 0 aliphatic carbocycles. The number of rotatable bonds is 9. The lowest BCUT2D eigenvalue weighted by Gasteiger charge is -2.24. The zero-order chi connectivity index (χ0) is 18.2. The van der Waals surface area contributed by atoms with Gasteiger partial charge in [-0.2, -0.15) is 0 Å². The highest BCUT2D eigenvalue weighted by atomic mass is 35.5. The van der Waals surface area contributed by atoms with Crippen LogP contribution in [0.3, 0.4) is 0 Å². The maximum atomic E-state index is 13.2. The number of nitrogens with zero attached hydrogens (tertiary/aromatic N) is 1. The van der Waals surface area contributed by atoms with E-state index < -0.39 is 0 Å². The summed E-state index contributed by atoms with van der Waals surface area (Å²) in [6, 6.07) is 14.7. The lowest BCUT2D eigenvalue weighted by atomic mass is 10.2. The Morgan fingerprint density at radius 3 is 2.92 bits per heavy atom. The fourth-order valence-electron chi connectivity index (χ4n) is 3.41. The molecule has 1 N–H and O–H groups in total. The van der Waals surface area contributed by atoms with Crippen molar-refractivity contribution in [3.05, 3.63) is 64.9 Å². The van der Waals surface area contributed by atoms with E-state index in [0.29, 0.717) is 18.4 Å². The van der Waals surface area contributed by atoms with Crippen LogP contribution in [0.5, 0.6) is 5.75 Å². The van der Waals surface area contributed by atoms with Crippen molar-refractivity contribution in [1.82, 2.24) is 10.2 Å². The number of halogens is 2. The summed E-state index contributed by atoms with van der Waals surface area (Å²) in [6.45, 7) is 4.61. The summed E-state index contributed by atoms with van der Waals surface area (Å²) in [4.78, 5) is 2.49. The molecule has 0 amide bonds. The molecule has 26 heavy (non-hydrogen) atoms. The molecule has 0 aromatic heterocycles. The summed E-state index contributed by atoms with van der Waals surface area (Å²) in [5.74, 6) is 0.358. The predicted molar refractivity (Wildman–Crippen MR) is 104 cm³/mol. The van der Waals surface area contributed by atoms with Crippen LogP contribution >= 0.6 is 11.6 Å². The van der Waals surface area contributed by atoms with Crippen molar-refractivity contribution >= 4 is 11.6 Å². The van der Waals surface area contributed by atoms with Crippen LogP contribution in [0.15, 0.2) is 48.5 Å². The van der Waals surface area contributed by atoms with Gasteiger partial charge in [0.15, 0.2) is 0 Å². The van der Waals surface area contributed by atoms with Crippen molar-refractivity contribution in [2.75, 3.05) is 26.2 Å². The molecule has 0 bridgehead atoms. The van der Waals surface area contributed by atoms with Crippen molar-refractivity contribution in [3.8, 4) is 5.75 Å². The highest BCUT2D eigenvalue weighted by Crippen LogP contribution is 2.20. The molecule has 1 atom stereocenters. The Kier molecular flexibility index (Phi) is 7.30. The minimum absolute atomic E-state index is 0.253. The second kappa shape index (κ2) is 9.91. The largest absolute Gasteiger partial charge is 0.492 e. The molecule has 3 nitrogen and oxygen atoms in total. The summed E-state index contributed by atoms with van der Waals surface area (Å²) >= 11 is 6.00. The van der Waals surface area contributed by atoms with E-state index in [1.807, 2.05) is 24.3 Å². The van der Waals surface area contributed by atoms with Crippen molar-refractivity contribution in [1.29, 1.82) is 0 Å². The zero-order valence-electron chi connectivity index (χ0n) is 15.0. The molecule has 2 aromatic rings. The van der Waals surface area contributed by atoms with Gasteiger partial charge in [0.25, 0.3) is 0 Å². The second-order valence-corrected chi connectivity index (χ2v) is 7.20. The molecule has 1 saturated heterocycles. The second-order valence-electron chi connectivity index (χ2n) is 6.76. The summed E-state index contributed by atoms with van der Waals surface area (Å²) < 4.78 is 19.0. The third kappa shape index (κ3) is 5.97. The molecule has 0 spiro atoms. The lowest BCUT2D eigenvalue weighted by Crippen LogP contribution is -2.36. The molecular formula is C21H26ClFN2O. The first-order chi connectivity index (χ1) is 12.7. The maximum absolute atomic E-state index is 13.2. The first-order valence-electron chi connectivity index (χ1n) is 9.28. The van der Waals surface area contributed by atoms with Crippen LogP contribution in [0.25, 0.3) is 0 Å². The van der Waals surface area contributed by atoms with Gasteiger partial charge in [-0.3, -0.25) is 4.90 Å². The summed E-state index contributed by atoms with van der Waals surface area (Å²) in [5, 5.41) is 4.25. The van der Waals surface area contributed by atoms with Crippen LogP contribution in [0, 0.1) is 5.82 Å². The van der Waals surface area contributed by atoms with E-state index >= 15 is 0 Å². The Hall–Kier alpha value is -1.62. The molecule has 0 radical (unpaired) electrons. The molecule has 1 aliphatic rings. The van der Waals surface area contributed by atoms with Gasteiger partial charge in [-0.05, 0) is 68.7 Å². The average molecular weight is 377 g/mol. The van der Waals surface area contributed by atoms with E-state index in [-0.39, 0.29) is 5.82 Å². The molecule has 1 heterocycles. The molecule has 3 rings (SSSR count). The number of hydrogen-bond acceptors (Lipinski definition) is 3. The number of nitrogens with one attached hydrogen (secondary N) is 1. The molecule has 1 fully saturated rings. The first kappa shape index (κ1) is 19.2. The number of ether oxygens (including phenoxy) is 1. The summed E-state index contributed by atoms with van der Waals surface area (Å²) in [6.07, 6.45) is 3.44. The minimum Gasteiger partial charge on any atom is -0.492 e. The Morgan fingerprint density at radius 1 is 1.19 bits per heavy atom. The van der Waals surface area contributed by atoms with Gasteiger partial charge in [0.1, 0.15) is 18.2 Å². The Balaban J connectivity index is 1.34. The third-order valence-corrected chi connectivity index (χ3v) is 4.99. The number of likely N-dealkylation sites (tertiary alicyclic amines) is 1. The quantitative estimate of drug-likeness (QED) is 0.652. The Labute approximate surface area is 160 Å². The average Bonchev–Trinajstić information content (AvgIpc) is 3.07. The van der Waals surface area contributed by atoms with Crippen molar-refractivity contribution in [2.24, 2.45) is 0 Å². The SMILES string of the molecule is Fc1cccc(OC[C@@H]2CCCN2CCCNCc2cccc(Cl)c2)c1. The van der Waals surface area contributed by atoms with Crippen LogP contribution in [0.1, 0.15) is 24.8 Å². The highest BCUT2D eigenvalue weighted by Gasteiger charge is 2.24. The molecular weight excluding hydrogens is 351 g/mol. The topological polar surface area (TPSA) is 24.5 Å². The zero-order valence-corrected chi connectivity index (χ0v) is 15.7. The van der Waals surface area contributed by atoms with Gasteiger partial charge < -0.3 is 10.1 Å². The van der Waals surface area contributed by atoms with E-state index in [9.17, 15) is 4.39 Å². The molecule has 1 aliphatic heterocycles. The van der Waals surface area contributed by atoms with E-state index in [1.165, 1.54) is 24.1 Å². The number of hydrogen-bond donors (Lipinski definition) is 1. The van der Waals surface area contributed by atoms with E-state index in [1.54, 1.807) is 6.07 Å². The van der Waals surface area contributed by atoms with Gasteiger partial charge in [-0.1, -0.05) is 29.8 Å². The van der Waals surface area contributed by atoms with Crippen LogP contribution in [0.2, 0.25) is 5.02 Å². The fraction of sp³-hybridized carbons (Fsp3) is 0.429. The smallest absolute Gasteiger partial charge is 0.126 e. The van der Waals surface area contributed by atoms with Crippen LogP contribution in [-0.4, -0.2) is 37.2 Å². The normalized spacial score (nSPS) is 17.5. The fourth-order valence-corrected chi connectivity index (χ4v) is 3.63. The van der Waals surface area contributed by atoms with Crippen LogP contribution < -0.4 is 10.1 Å². The Bertz CT molecular complexity index is 697. The van der Waals surface area contributed by atoms with Crippen LogP contribution in [0.4, 0.5) is 4.39 Å². The standard InChI is InChI=1S/C21H26ClFN2O/c22-18-6-1-5-17(13-18)15-24-10-4-12-25-11-3-8-20(25)16-26-21-9-2-7-19(23)14-21/h1-2,5-7,9,13-14,20,24H,3-4,8,10-12,15-16H2/t20-/m0/s1. The van der Waals surface area contributed by atoms with Gasteiger partial charge in [-0.15, -0.1) is 0 Å². The predicted octanol–water partition coefficient (Wildman–Crippen LogP) is 4.50. The molecule has 2 aromatic carbocycles. The van der Waals surface area contributed by atoms with Gasteiger partial charge in [-0.25, -0.2) is 4.39 Å². The highest BCUT2D eigenvalue weighted by molar-refractivity contribution is 6.30. The lowest BCUT2D eigenvalue weighted by molar-refractivity contribution is 0.171. The molecule has 0 saturated carbocycles. The summed E-state index contributed by atoms with van der Waals surface area (Å²) in [7, 11) is 0. The molecule has 0 unspecified atom stereocenters. The van der Waals surface area contributed by atoms with Crippen molar-refractivity contribution < 1.29 is 9.13 Å². The van der Waals surface area contributed by atoms with E-state index in [4.69, 9.17) is 16.3 Å². The Morgan fingerprint density at radius 2 is 2.08 bits per heavy atom. The van der Waals surface area contributed by atoms with Crippen molar-refractivity contribution in [3.63, 3.8) is 0 Å². The monoisotopic (exact) mass is 376 g/mol.